The smallest absolute Gasteiger partial charge is 0.290 e. The molecule has 1 aromatic heterocycles. The van der Waals surface area contributed by atoms with Crippen molar-refractivity contribution in [2.24, 2.45) is 0 Å². The summed E-state index contributed by atoms with van der Waals surface area (Å²) in [6.45, 7) is 2.92. The summed E-state index contributed by atoms with van der Waals surface area (Å²) in [6.07, 6.45) is 2.84. The third kappa shape index (κ3) is 4.30. The van der Waals surface area contributed by atoms with Gasteiger partial charge in [0, 0.05) is 6.54 Å². The molecule has 1 aliphatic heterocycles. The van der Waals surface area contributed by atoms with E-state index >= 15 is 0 Å². The highest BCUT2D eigenvalue weighted by atomic mass is 16.5. The van der Waals surface area contributed by atoms with Crippen LogP contribution in [0.25, 0.3) is 0 Å². The van der Waals surface area contributed by atoms with Gasteiger partial charge in [-0.15, -0.1) is 0 Å². The van der Waals surface area contributed by atoms with Crippen LogP contribution in [0.15, 0.2) is 88.7 Å². The van der Waals surface area contributed by atoms with Gasteiger partial charge in [-0.25, -0.2) is 0 Å². The normalized spacial score (nSPS) is 16.0. The van der Waals surface area contributed by atoms with Crippen LogP contribution in [-0.4, -0.2) is 34.8 Å². The van der Waals surface area contributed by atoms with Gasteiger partial charge in [0.15, 0.2) is 11.5 Å². The quantitative estimate of drug-likeness (QED) is 0.488. The van der Waals surface area contributed by atoms with Crippen molar-refractivity contribution in [1.29, 1.82) is 0 Å². The highest BCUT2D eigenvalue weighted by molar-refractivity contribution is 6.15. The van der Waals surface area contributed by atoms with Crippen molar-refractivity contribution in [3.8, 4) is 5.75 Å². The number of ether oxygens (including phenoxy) is 1. The number of furan rings is 1. The number of aliphatic hydroxyl groups is 1. The van der Waals surface area contributed by atoms with Crippen molar-refractivity contribution < 1.29 is 23.8 Å². The van der Waals surface area contributed by atoms with Crippen LogP contribution < -0.4 is 4.74 Å². The number of amides is 1. The van der Waals surface area contributed by atoms with E-state index in [0.29, 0.717) is 30.9 Å². The molecule has 3 aromatic rings. The molecule has 1 amide bonds. The van der Waals surface area contributed by atoms with Gasteiger partial charge in [-0.05, 0) is 48.2 Å². The molecule has 0 radical (unpaired) electrons. The summed E-state index contributed by atoms with van der Waals surface area (Å²) in [5.41, 5.74) is 1.77. The molecule has 0 spiro atoms. The molecule has 4 rings (SSSR count). The van der Waals surface area contributed by atoms with Gasteiger partial charge < -0.3 is 19.2 Å². The number of rotatable bonds is 9. The zero-order chi connectivity index (χ0) is 22.5. The Balaban J connectivity index is 1.71. The van der Waals surface area contributed by atoms with Crippen molar-refractivity contribution in [1.82, 2.24) is 4.90 Å². The predicted octanol–water partition coefficient (Wildman–Crippen LogP) is 4.89. The lowest BCUT2D eigenvalue weighted by Gasteiger charge is -2.27. The maximum Gasteiger partial charge on any atom is 0.290 e. The number of hydrogen-bond acceptors (Lipinski definition) is 5. The van der Waals surface area contributed by atoms with E-state index in [-0.39, 0.29) is 11.3 Å². The second kappa shape index (κ2) is 9.56. The summed E-state index contributed by atoms with van der Waals surface area (Å²) >= 11 is 0. The molecule has 1 N–H and O–H groups in total. The summed E-state index contributed by atoms with van der Waals surface area (Å²) in [7, 11) is 0. The largest absolute Gasteiger partial charge is 0.503 e. The molecule has 1 unspecified atom stereocenters. The Kier molecular flexibility index (Phi) is 6.40. The Morgan fingerprint density at radius 3 is 2.62 bits per heavy atom. The molecule has 0 saturated heterocycles. The van der Waals surface area contributed by atoms with E-state index < -0.39 is 23.5 Å². The van der Waals surface area contributed by atoms with Gasteiger partial charge in [0.25, 0.3) is 5.91 Å². The van der Waals surface area contributed by atoms with E-state index in [0.717, 1.165) is 12.0 Å². The van der Waals surface area contributed by atoms with Crippen LogP contribution in [-0.2, 0) is 11.2 Å². The SMILES string of the molecule is CCCOc1cccc(C2C(C(=O)c3ccco3)=C(O)C(=O)N2CCc2ccccc2)c1. The molecule has 6 heteroatoms. The van der Waals surface area contributed by atoms with Crippen LogP contribution in [0, 0.1) is 0 Å². The first-order valence-electron chi connectivity index (χ1n) is 10.7. The van der Waals surface area contributed by atoms with Crippen LogP contribution in [0.2, 0.25) is 0 Å². The van der Waals surface area contributed by atoms with Gasteiger partial charge in [-0.2, -0.15) is 0 Å². The first kappa shape index (κ1) is 21.4. The molecule has 0 aliphatic carbocycles. The van der Waals surface area contributed by atoms with Crippen molar-refractivity contribution >= 4 is 11.7 Å². The minimum Gasteiger partial charge on any atom is -0.503 e. The third-order valence-electron chi connectivity index (χ3n) is 5.42. The molecule has 0 fully saturated rings. The maximum atomic E-state index is 13.2. The fraction of sp³-hybridized carbons (Fsp3) is 0.231. The highest BCUT2D eigenvalue weighted by Crippen LogP contribution is 2.40. The number of ketones is 1. The first-order chi connectivity index (χ1) is 15.6. The van der Waals surface area contributed by atoms with E-state index in [1.54, 1.807) is 6.07 Å². The molecule has 1 atom stereocenters. The minimum absolute atomic E-state index is 0.0191. The van der Waals surface area contributed by atoms with E-state index in [4.69, 9.17) is 9.15 Å². The molecule has 6 nitrogen and oxygen atoms in total. The summed E-state index contributed by atoms with van der Waals surface area (Å²) < 4.78 is 11.0. The molecule has 0 saturated carbocycles. The Morgan fingerprint density at radius 2 is 1.91 bits per heavy atom. The van der Waals surface area contributed by atoms with Crippen LogP contribution in [0.3, 0.4) is 0 Å². The lowest BCUT2D eigenvalue weighted by atomic mass is 9.94. The minimum atomic E-state index is -0.742. The molecule has 32 heavy (non-hydrogen) atoms. The van der Waals surface area contributed by atoms with Crippen LogP contribution >= 0.6 is 0 Å². The van der Waals surface area contributed by atoms with Crippen LogP contribution in [0.5, 0.6) is 5.75 Å². The number of aliphatic hydroxyl groups excluding tert-OH is 1. The number of benzene rings is 2. The monoisotopic (exact) mass is 431 g/mol. The number of carbonyl (C=O) groups excluding carboxylic acids is 2. The third-order valence-corrected chi connectivity index (χ3v) is 5.42. The Bertz CT molecular complexity index is 1120. The lowest BCUT2D eigenvalue weighted by Crippen LogP contribution is -2.33. The molecule has 164 valence electrons. The second-order valence-corrected chi connectivity index (χ2v) is 7.63. The Labute approximate surface area is 186 Å². The first-order valence-corrected chi connectivity index (χ1v) is 10.7. The topological polar surface area (TPSA) is 80.0 Å². The molecular weight excluding hydrogens is 406 g/mol. The average Bonchev–Trinajstić information content (AvgIpc) is 3.44. The van der Waals surface area contributed by atoms with Gasteiger partial charge in [-0.3, -0.25) is 9.59 Å². The fourth-order valence-electron chi connectivity index (χ4n) is 3.89. The number of Topliss-reactive ketones (excluding diaryl/α,β-unsaturated/α-hetero) is 1. The molecule has 1 aliphatic rings. The number of carbonyl (C=O) groups is 2. The second-order valence-electron chi connectivity index (χ2n) is 7.63. The Hall–Kier alpha value is -3.80. The van der Waals surface area contributed by atoms with Crippen LogP contribution in [0.1, 0.15) is 41.1 Å². The molecule has 2 heterocycles. The van der Waals surface area contributed by atoms with E-state index in [1.165, 1.54) is 17.2 Å². The van der Waals surface area contributed by atoms with Crippen LogP contribution in [0.4, 0.5) is 0 Å². The predicted molar refractivity (Wildman–Crippen MR) is 120 cm³/mol. The summed E-state index contributed by atoms with van der Waals surface area (Å²) in [4.78, 5) is 27.8. The summed E-state index contributed by atoms with van der Waals surface area (Å²) in [6, 6.07) is 19.5. The van der Waals surface area contributed by atoms with Crippen molar-refractivity contribution in [3.63, 3.8) is 0 Å². The van der Waals surface area contributed by atoms with E-state index in [2.05, 4.69) is 0 Å². The van der Waals surface area contributed by atoms with E-state index in [9.17, 15) is 14.7 Å². The highest BCUT2D eigenvalue weighted by Gasteiger charge is 2.44. The van der Waals surface area contributed by atoms with Gasteiger partial charge in [-0.1, -0.05) is 49.4 Å². The van der Waals surface area contributed by atoms with Gasteiger partial charge in [0.2, 0.25) is 5.78 Å². The summed E-state index contributed by atoms with van der Waals surface area (Å²) in [5.74, 6) is -0.887. The van der Waals surface area contributed by atoms with E-state index in [1.807, 2.05) is 61.5 Å². The molecule has 0 bridgehead atoms. The fourth-order valence-corrected chi connectivity index (χ4v) is 3.89. The van der Waals surface area contributed by atoms with Crippen molar-refractivity contribution in [2.75, 3.05) is 13.2 Å². The van der Waals surface area contributed by atoms with Crippen molar-refractivity contribution in [2.45, 2.75) is 25.8 Å². The van der Waals surface area contributed by atoms with Gasteiger partial charge in [0.05, 0.1) is 24.5 Å². The van der Waals surface area contributed by atoms with Crippen molar-refractivity contribution in [3.05, 3.63) is 101 Å². The number of nitrogens with zero attached hydrogens (tertiary/aromatic N) is 1. The molecular formula is C26H25NO5. The molecule has 2 aromatic carbocycles. The standard InChI is InChI=1S/C26H25NO5/c1-2-15-31-20-11-6-10-19(17-20)23-22(24(28)21-12-7-16-32-21)25(29)26(30)27(23)14-13-18-8-4-3-5-9-18/h3-12,16-17,23,29H,2,13-15H2,1H3. The average molecular weight is 431 g/mol. The maximum absolute atomic E-state index is 13.2. The number of hydrogen-bond donors (Lipinski definition) is 1. The Morgan fingerprint density at radius 1 is 1.09 bits per heavy atom. The van der Waals surface area contributed by atoms with Gasteiger partial charge >= 0.3 is 0 Å². The van der Waals surface area contributed by atoms with Gasteiger partial charge in [0.1, 0.15) is 5.75 Å². The lowest BCUT2D eigenvalue weighted by molar-refractivity contribution is -0.129. The summed E-state index contributed by atoms with van der Waals surface area (Å²) in [5, 5.41) is 10.7. The zero-order valence-electron chi connectivity index (χ0n) is 17.9. The zero-order valence-corrected chi connectivity index (χ0v) is 17.9.